The maximum absolute atomic E-state index is 15.2. The first-order valence-electron chi connectivity index (χ1n) is 11.1. The lowest BCUT2D eigenvalue weighted by molar-refractivity contribution is 0.0514. The van der Waals surface area contributed by atoms with Gasteiger partial charge >= 0.3 is 0 Å². The van der Waals surface area contributed by atoms with Crippen LogP contribution < -0.4 is 5.32 Å². The Hall–Kier alpha value is -2.27. The van der Waals surface area contributed by atoms with E-state index in [-0.39, 0.29) is 12.5 Å². The largest absolute Gasteiger partial charge is 0.381 e. The SMILES string of the molecule is C[C@@H]1NC[C@@H](c2ccccc2)S(=O)(=O)C1Cc1ccc(C2(CC#N)CCOCC2)cc1F. The van der Waals surface area contributed by atoms with E-state index in [4.69, 9.17) is 4.74 Å². The number of halogens is 1. The van der Waals surface area contributed by atoms with Crippen LogP contribution in [0, 0.1) is 17.1 Å². The van der Waals surface area contributed by atoms with Gasteiger partial charge in [0.15, 0.2) is 9.84 Å². The van der Waals surface area contributed by atoms with Crippen molar-refractivity contribution in [1.82, 2.24) is 5.32 Å². The predicted molar refractivity (Wildman–Crippen MR) is 121 cm³/mol. The van der Waals surface area contributed by atoms with Gasteiger partial charge in [-0.3, -0.25) is 0 Å². The Kier molecular flexibility index (Phi) is 6.66. The Morgan fingerprint density at radius 3 is 2.56 bits per heavy atom. The Balaban J connectivity index is 1.61. The molecule has 32 heavy (non-hydrogen) atoms. The molecule has 0 saturated carbocycles. The predicted octanol–water partition coefficient (Wildman–Crippen LogP) is 3.85. The zero-order chi connectivity index (χ0) is 22.8. The summed E-state index contributed by atoms with van der Waals surface area (Å²) in [6, 6.07) is 16.2. The van der Waals surface area contributed by atoms with E-state index in [9.17, 15) is 13.7 Å². The van der Waals surface area contributed by atoms with Gasteiger partial charge in [-0.15, -0.1) is 0 Å². The number of benzene rings is 2. The van der Waals surface area contributed by atoms with Crippen LogP contribution in [-0.2, 0) is 26.4 Å². The molecule has 7 heteroatoms. The van der Waals surface area contributed by atoms with Gasteiger partial charge in [0.1, 0.15) is 5.82 Å². The lowest BCUT2D eigenvalue weighted by Crippen LogP contribution is -2.53. The standard InChI is InChI=1S/C25H29FN2O3S/c1-18-23(32(29,30)24(17-28-18)19-5-3-2-4-6-19)15-20-7-8-21(16-22(20)26)25(9-12-27)10-13-31-14-11-25/h2-8,16,18,23-24,28H,9-11,13-15,17H2,1H3/t18-,23?,24-/m0/s1. The summed E-state index contributed by atoms with van der Waals surface area (Å²) in [5, 5.41) is 11.3. The Bertz CT molecular complexity index is 1090. The van der Waals surface area contributed by atoms with Crippen molar-refractivity contribution in [2.75, 3.05) is 19.8 Å². The third-order valence-corrected chi connectivity index (χ3v) is 9.78. The van der Waals surface area contributed by atoms with Gasteiger partial charge in [0.05, 0.1) is 16.6 Å². The molecular weight excluding hydrogens is 427 g/mol. The minimum atomic E-state index is -3.52. The first-order chi connectivity index (χ1) is 15.4. The van der Waals surface area contributed by atoms with Crippen LogP contribution in [0.4, 0.5) is 4.39 Å². The van der Waals surface area contributed by atoms with Crippen LogP contribution in [0.15, 0.2) is 48.5 Å². The Labute approximate surface area is 189 Å². The molecule has 0 spiro atoms. The van der Waals surface area contributed by atoms with E-state index in [1.807, 2.05) is 43.3 Å². The molecule has 2 aliphatic heterocycles. The minimum Gasteiger partial charge on any atom is -0.381 e. The van der Waals surface area contributed by atoms with Gasteiger partial charge < -0.3 is 10.1 Å². The van der Waals surface area contributed by atoms with Gasteiger partial charge in [-0.2, -0.15) is 5.26 Å². The number of hydrogen-bond donors (Lipinski definition) is 1. The second-order valence-corrected chi connectivity index (χ2v) is 11.3. The first kappa shape index (κ1) is 22.9. The molecular formula is C25H29FN2O3S. The molecule has 2 aromatic carbocycles. The molecule has 0 aliphatic carbocycles. The van der Waals surface area contributed by atoms with E-state index in [1.54, 1.807) is 6.07 Å². The minimum absolute atomic E-state index is 0.111. The van der Waals surface area contributed by atoms with Crippen molar-refractivity contribution in [1.29, 1.82) is 5.26 Å². The monoisotopic (exact) mass is 456 g/mol. The Morgan fingerprint density at radius 2 is 1.91 bits per heavy atom. The zero-order valence-corrected chi connectivity index (χ0v) is 19.1. The van der Waals surface area contributed by atoms with Gasteiger partial charge in [0.25, 0.3) is 0 Å². The fraction of sp³-hybridized carbons (Fsp3) is 0.480. The highest BCUT2D eigenvalue weighted by molar-refractivity contribution is 7.92. The summed E-state index contributed by atoms with van der Waals surface area (Å²) in [5.41, 5.74) is 1.54. The maximum Gasteiger partial charge on any atom is 0.163 e. The van der Waals surface area contributed by atoms with E-state index in [2.05, 4.69) is 11.4 Å². The van der Waals surface area contributed by atoms with E-state index in [1.165, 1.54) is 6.07 Å². The van der Waals surface area contributed by atoms with Crippen LogP contribution in [0.3, 0.4) is 0 Å². The fourth-order valence-electron chi connectivity index (χ4n) is 5.04. The van der Waals surface area contributed by atoms with Crippen molar-refractivity contribution in [3.8, 4) is 6.07 Å². The molecule has 0 aromatic heterocycles. The van der Waals surface area contributed by atoms with E-state index in [0.29, 0.717) is 44.6 Å². The molecule has 1 unspecified atom stereocenters. The van der Waals surface area contributed by atoms with Crippen LogP contribution >= 0.6 is 0 Å². The smallest absolute Gasteiger partial charge is 0.163 e. The normalized spacial score (nSPS) is 26.8. The molecule has 4 rings (SSSR count). The molecule has 170 valence electrons. The summed E-state index contributed by atoms with van der Waals surface area (Å²) in [5.74, 6) is -0.407. The van der Waals surface area contributed by atoms with Crippen molar-refractivity contribution in [2.24, 2.45) is 0 Å². The third-order valence-electron chi connectivity index (χ3n) is 7.13. The third kappa shape index (κ3) is 4.32. The van der Waals surface area contributed by atoms with Crippen LogP contribution in [0.5, 0.6) is 0 Å². The molecule has 2 heterocycles. The molecule has 5 nitrogen and oxygen atoms in total. The summed E-state index contributed by atoms with van der Waals surface area (Å²) in [4.78, 5) is 0. The number of hydrogen-bond acceptors (Lipinski definition) is 5. The highest BCUT2D eigenvalue weighted by Gasteiger charge is 2.43. The second-order valence-electron chi connectivity index (χ2n) is 8.96. The van der Waals surface area contributed by atoms with Gasteiger partial charge in [-0.25, -0.2) is 12.8 Å². The number of nitrogens with zero attached hydrogens (tertiary/aromatic N) is 1. The summed E-state index contributed by atoms with van der Waals surface area (Å²) < 4.78 is 47.6. The van der Waals surface area contributed by atoms with Crippen LogP contribution in [0.1, 0.15) is 48.1 Å². The number of nitriles is 1. The molecule has 0 amide bonds. The van der Waals surface area contributed by atoms with Crippen LogP contribution in [-0.4, -0.2) is 39.5 Å². The van der Waals surface area contributed by atoms with Gasteiger partial charge in [-0.1, -0.05) is 42.5 Å². The molecule has 0 bridgehead atoms. The molecule has 2 saturated heterocycles. The molecule has 2 aliphatic rings. The lowest BCUT2D eigenvalue weighted by Gasteiger charge is -2.37. The second kappa shape index (κ2) is 9.30. The van der Waals surface area contributed by atoms with Crippen LogP contribution in [0.25, 0.3) is 0 Å². The number of ether oxygens (including phenoxy) is 1. The summed E-state index contributed by atoms with van der Waals surface area (Å²) in [7, 11) is -3.52. The molecule has 1 N–H and O–H groups in total. The van der Waals surface area contributed by atoms with Crippen LogP contribution in [0.2, 0.25) is 0 Å². The average molecular weight is 457 g/mol. The first-order valence-corrected chi connectivity index (χ1v) is 12.7. The van der Waals surface area contributed by atoms with Gasteiger partial charge in [0, 0.05) is 37.6 Å². The lowest BCUT2D eigenvalue weighted by atomic mass is 9.72. The summed E-state index contributed by atoms with van der Waals surface area (Å²) in [6.45, 7) is 3.30. The summed E-state index contributed by atoms with van der Waals surface area (Å²) >= 11 is 0. The maximum atomic E-state index is 15.2. The average Bonchev–Trinajstić information content (AvgIpc) is 2.78. The number of nitrogens with one attached hydrogen (secondary N) is 1. The van der Waals surface area contributed by atoms with Gasteiger partial charge in [0.2, 0.25) is 0 Å². The van der Waals surface area contributed by atoms with E-state index < -0.39 is 31.6 Å². The van der Waals surface area contributed by atoms with E-state index in [0.717, 1.165) is 11.1 Å². The molecule has 2 aromatic rings. The topological polar surface area (TPSA) is 79.2 Å². The van der Waals surface area contributed by atoms with Crippen molar-refractivity contribution in [3.05, 3.63) is 71.0 Å². The molecule has 0 radical (unpaired) electrons. The fourth-order valence-corrected chi connectivity index (χ4v) is 7.41. The van der Waals surface area contributed by atoms with Crippen molar-refractivity contribution in [3.63, 3.8) is 0 Å². The quantitative estimate of drug-likeness (QED) is 0.739. The van der Waals surface area contributed by atoms with Crippen molar-refractivity contribution < 1.29 is 17.5 Å². The summed E-state index contributed by atoms with van der Waals surface area (Å²) in [6.07, 6.45) is 1.78. The molecule has 2 fully saturated rings. The van der Waals surface area contributed by atoms with Crippen molar-refractivity contribution in [2.45, 2.75) is 54.6 Å². The zero-order valence-electron chi connectivity index (χ0n) is 18.3. The molecule has 3 atom stereocenters. The highest BCUT2D eigenvalue weighted by Crippen LogP contribution is 2.39. The number of rotatable bonds is 5. The highest BCUT2D eigenvalue weighted by atomic mass is 32.2. The van der Waals surface area contributed by atoms with E-state index >= 15 is 4.39 Å². The van der Waals surface area contributed by atoms with Crippen molar-refractivity contribution >= 4 is 9.84 Å². The Morgan fingerprint density at radius 1 is 1.19 bits per heavy atom. The number of sulfone groups is 1. The van der Waals surface area contributed by atoms with Gasteiger partial charge in [-0.05, 0) is 48.9 Å².